The van der Waals surface area contributed by atoms with Gasteiger partial charge in [0.05, 0.1) is 32.9 Å². The smallest absolute Gasteiger partial charge is 0.0645 e. The van der Waals surface area contributed by atoms with Crippen LogP contribution in [0.5, 0.6) is 0 Å². The molecule has 0 unspecified atom stereocenters. The highest BCUT2D eigenvalue weighted by Gasteiger charge is 2.18. The fourth-order valence-electron chi connectivity index (χ4n) is 5.11. The zero-order chi connectivity index (χ0) is 47.8. The summed E-state index contributed by atoms with van der Waals surface area (Å²) in [7, 11) is 0. The summed E-state index contributed by atoms with van der Waals surface area (Å²) in [6.45, 7) is 0. The summed E-state index contributed by atoms with van der Waals surface area (Å²) in [5, 5.41) is -5.05. The van der Waals surface area contributed by atoms with E-state index in [-0.39, 0.29) is 20.2 Å². The van der Waals surface area contributed by atoms with Crippen LogP contribution in [0.4, 0.5) is 0 Å². The van der Waals surface area contributed by atoms with Crippen LogP contribution in [0, 0.1) is 0 Å². The van der Waals surface area contributed by atoms with Gasteiger partial charge >= 0.3 is 0 Å². The Balaban J connectivity index is 1.66. The summed E-state index contributed by atoms with van der Waals surface area (Å²) in [5.74, 6) is 0. The number of hydrogen-bond acceptors (Lipinski definition) is 1. The largest absolute Gasteiger partial charge is 0.135 e. The first kappa shape index (κ1) is 9.55. The van der Waals surface area contributed by atoms with Crippen LogP contribution in [0.1, 0.15) is 32.9 Å². The molecule has 0 aliphatic heterocycles. The van der Waals surface area contributed by atoms with E-state index in [0.29, 0.717) is 11.3 Å². The van der Waals surface area contributed by atoms with E-state index in [2.05, 4.69) is 0 Å². The van der Waals surface area contributed by atoms with Crippen molar-refractivity contribution in [3.63, 3.8) is 0 Å². The molecule has 0 bridgehead atoms. The van der Waals surface area contributed by atoms with Gasteiger partial charge in [0.2, 0.25) is 0 Å². The van der Waals surface area contributed by atoms with Crippen molar-refractivity contribution in [3.8, 4) is 22.3 Å². The van der Waals surface area contributed by atoms with Crippen LogP contribution >= 0.6 is 11.3 Å². The van der Waals surface area contributed by atoms with Gasteiger partial charge in [-0.25, -0.2) is 0 Å². The zero-order valence-corrected chi connectivity index (χ0v) is 21.2. The molecule has 41 heavy (non-hydrogen) atoms. The van der Waals surface area contributed by atoms with Gasteiger partial charge in [-0.15, -0.1) is 11.3 Å². The van der Waals surface area contributed by atoms with Gasteiger partial charge in [-0.05, 0) is 89.5 Å². The summed E-state index contributed by atoms with van der Waals surface area (Å²) in [5.41, 5.74) is -2.58. The molecule has 0 N–H and O–H groups in total. The molecule has 0 aliphatic carbocycles. The topological polar surface area (TPSA) is 0 Å². The van der Waals surface area contributed by atoms with Crippen molar-refractivity contribution in [3.05, 3.63) is 145 Å². The molecule has 0 atom stereocenters. The van der Waals surface area contributed by atoms with E-state index < -0.39 is 210 Å². The van der Waals surface area contributed by atoms with E-state index in [9.17, 15) is 12.3 Å². The average molecular weight is 561 g/mol. The quantitative estimate of drug-likeness (QED) is 0.184. The Morgan fingerprint density at radius 3 is 1.73 bits per heavy atom. The van der Waals surface area contributed by atoms with E-state index in [0.717, 1.165) is 0 Å². The van der Waals surface area contributed by atoms with Gasteiger partial charge < -0.3 is 0 Å². The van der Waals surface area contributed by atoms with Crippen LogP contribution < -0.4 is 0 Å². The van der Waals surface area contributed by atoms with Crippen molar-refractivity contribution < 1.29 is 32.9 Å². The summed E-state index contributed by atoms with van der Waals surface area (Å²) < 4.78 is 215. The van der Waals surface area contributed by atoms with E-state index in [4.69, 9.17) is 20.6 Å². The average Bonchev–Trinajstić information content (AvgIpc) is 3.69. The van der Waals surface area contributed by atoms with Crippen molar-refractivity contribution >= 4 is 74.6 Å². The normalized spacial score (nSPS) is 20.1. The Kier molecular flexibility index (Phi) is 2.04. The van der Waals surface area contributed by atoms with Gasteiger partial charge in [0.15, 0.2) is 0 Å². The molecule has 1 aromatic heterocycles. The second-order valence-corrected chi connectivity index (χ2v) is 10.0. The fraction of sp³-hybridized carbons (Fsp3) is 0. The monoisotopic (exact) mass is 560 g/mol. The predicted molar refractivity (Wildman–Crippen MR) is 180 cm³/mol. The second-order valence-electron chi connectivity index (χ2n) is 9.01. The molecule has 8 aromatic carbocycles. The minimum atomic E-state index is -0.929. The van der Waals surface area contributed by atoms with Crippen molar-refractivity contribution in [1.82, 2.24) is 0 Å². The minimum absolute atomic E-state index is 0.0662. The molecular weight excluding hydrogens is 513 g/mol. The third kappa shape index (κ3) is 3.40. The molecule has 0 saturated carbocycles. The molecule has 9 aromatic rings. The lowest BCUT2D eigenvalue weighted by molar-refractivity contribution is 1.69. The number of hydrogen-bond donors (Lipinski definition) is 0. The SMILES string of the molecule is [2H]c1c([2H])c([2H])c2c(sc3c([2H])c4c(-c5c6c([2H])c([2H])c([2H])c([2H])c6c(-c6c([2H])c([2H])c7c([2H])c([2H])c([2H])c([2H])c7c6[2H])c6c([2H])c([2H])c([2H])c([2H])c56)c([2H])c([2H])c([2H])c4c([2H])c32)c1[2H]. The van der Waals surface area contributed by atoms with Crippen molar-refractivity contribution in [2.75, 3.05) is 0 Å². The number of benzene rings is 8. The lowest BCUT2D eigenvalue weighted by Crippen LogP contribution is -1.91. The van der Waals surface area contributed by atoms with Gasteiger partial charge in [0.1, 0.15) is 0 Å². The molecular formula is C40H24S. The molecule has 190 valence electrons. The highest BCUT2D eigenvalue weighted by atomic mass is 32.1. The van der Waals surface area contributed by atoms with E-state index in [1.54, 1.807) is 0 Å². The first-order valence-corrected chi connectivity index (χ1v) is 13.0. The fourth-order valence-corrected chi connectivity index (χ4v) is 6.08. The van der Waals surface area contributed by atoms with Crippen LogP contribution in [-0.4, -0.2) is 0 Å². The van der Waals surface area contributed by atoms with Gasteiger partial charge in [0.25, 0.3) is 0 Å². The summed E-state index contributed by atoms with van der Waals surface area (Å²) in [4.78, 5) is 0. The third-order valence-corrected chi connectivity index (χ3v) is 7.84. The molecule has 9 rings (SSSR count). The van der Waals surface area contributed by atoms with Crippen LogP contribution in [-0.2, 0) is 0 Å². The lowest BCUT2D eigenvalue weighted by Gasteiger charge is -2.19. The van der Waals surface area contributed by atoms with Crippen molar-refractivity contribution in [1.29, 1.82) is 0 Å². The maximum Gasteiger partial charge on any atom is 0.0645 e. The molecule has 0 fully saturated rings. The molecule has 0 amide bonds. The molecule has 1 heteroatoms. The van der Waals surface area contributed by atoms with Gasteiger partial charge in [-0.2, -0.15) is 0 Å². The molecule has 0 spiro atoms. The summed E-state index contributed by atoms with van der Waals surface area (Å²) in [6.07, 6.45) is 0. The zero-order valence-electron chi connectivity index (χ0n) is 44.4. The lowest BCUT2D eigenvalue weighted by atomic mass is 9.84. The third-order valence-electron chi connectivity index (χ3n) is 6.82. The Hall–Kier alpha value is -4.98. The molecule has 0 radical (unpaired) electrons. The minimum Gasteiger partial charge on any atom is -0.135 e. The van der Waals surface area contributed by atoms with Gasteiger partial charge in [-0.3, -0.25) is 0 Å². The molecule has 0 aliphatic rings. The molecule has 0 saturated heterocycles. The molecule has 0 nitrogen and oxygen atoms in total. The van der Waals surface area contributed by atoms with E-state index >= 15 is 0 Å². The van der Waals surface area contributed by atoms with Crippen LogP contribution in [0.2, 0.25) is 0 Å². The standard InChI is InChI=1S/C40H24S/c1-2-11-26-22-28(21-20-25(26)10-1)39-30-14-3-5-16-32(30)40(33-17-6-4-15-31(33)39)34-18-9-12-27-23-36-29-13-7-8-19-37(29)41-38(36)24-35(27)34/h1-24H/i1D,2D,3D,4D,5D,6D,7D,8D,9D,10D,11D,12D,13D,14D,15D,16D,17D,18D,19D,20D,21D,22D,23D,24D. The van der Waals surface area contributed by atoms with Crippen molar-refractivity contribution in [2.45, 2.75) is 0 Å². The highest BCUT2D eigenvalue weighted by Crippen LogP contribution is 2.46. The number of rotatable bonds is 2. The summed E-state index contributed by atoms with van der Waals surface area (Å²) in [6, 6.07) is -19.3. The maximum atomic E-state index is 9.68. The maximum absolute atomic E-state index is 9.68. The Bertz CT molecular complexity index is 3740. The van der Waals surface area contributed by atoms with E-state index in [1.165, 1.54) is 0 Å². The number of fused-ring (bicyclic) bond motifs is 7. The van der Waals surface area contributed by atoms with Crippen LogP contribution in [0.3, 0.4) is 0 Å². The van der Waals surface area contributed by atoms with Gasteiger partial charge in [0, 0.05) is 20.2 Å². The highest BCUT2D eigenvalue weighted by molar-refractivity contribution is 7.25. The first-order chi connectivity index (χ1) is 30.3. The Morgan fingerprint density at radius 2 is 0.976 bits per heavy atom. The first-order valence-electron chi connectivity index (χ1n) is 24.2. The van der Waals surface area contributed by atoms with Crippen molar-refractivity contribution in [2.24, 2.45) is 0 Å². The summed E-state index contributed by atoms with van der Waals surface area (Å²) >= 11 is 0.693. The van der Waals surface area contributed by atoms with Gasteiger partial charge in [-0.1, -0.05) is 121 Å². The van der Waals surface area contributed by atoms with E-state index in [1.807, 2.05) is 0 Å². The Labute approximate surface area is 275 Å². The van der Waals surface area contributed by atoms with Crippen LogP contribution in [0.15, 0.2) is 145 Å². The predicted octanol–water partition coefficient (Wildman–Crippen LogP) is 12.0. The van der Waals surface area contributed by atoms with Crippen LogP contribution in [0.25, 0.3) is 85.5 Å². The number of thiophene rings is 1. The second kappa shape index (κ2) is 8.76. The molecule has 1 heterocycles. The Morgan fingerprint density at radius 1 is 0.366 bits per heavy atom.